The van der Waals surface area contributed by atoms with Crippen molar-refractivity contribution in [3.8, 4) is 5.95 Å². The van der Waals surface area contributed by atoms with Crippen LogP contribution in [0.4, 0.5) is 0 Å². The SMILES string of the molecule is Cn1ccnc1-n1ccnc1. The van der Waals surface area contributed by atoms with E-state index >= 15 is 0 Å². The van der Waals surface area contributed by atoms with Gasteiger partial charge in [0.15, 0.2) is 0 Å². The van der Waals surface area contributed by atoms with Crippen LogP contribution in [0.2, 0.25) is 0 Å². The van der Waals surface area contributed by atoms with Crippen molar-refractivity contribution < 1.29 is 0 Å². The highest BCUT2D eigenvalue weighted by molar-refractivity contribution is 5.11. The van der Waals surface area contributed by atoms with Crippen LogP contribution in [-0.2, 0) is 7.05 Å². The molecule has 0 aliphatic rings. The Morgan fingerprint density at radius 1 is 1.27 bits per heavy atom. The summed E-state index contributed by atoms with van der Waals surface area (Å²) in [5.74, 6) is 0.877. The molecular weight excluding hydrogens is 140 g/mol. The Morgan fingerprint density at radius 3 is 2.73 bits per heavy atom. The van der Waals surface area contributed by atoms with Gasteiger partial charge in [-0.1, -0.05) is 0 Å². The molecule has 0 N–H and O–H groups in total. The molecule has 56 valence electrons. The lowest BCUT2D eigenvalue weighted by atomic mass is 10.8. The van der Waals surface area contributed by atoms with E-state index in [9.17, 15) is 0 Å². The van der Waals surface area contributed by atoms with Gasteiger partial charge in [0.2, 0.25) is 5.95 Å². The molecule has 0 saturated heterocycles. The van der Waals surface area contributed by atoms with Gasteiger partial charge in [0, 0.05) is 31.8 Å². The van der Waals surface area contributed by atoms with E-state index < -0.39 is 0 Å². The molecule has 2 aromatic rings. The summed E-state index contributed by atoms with van der Waals surface area (Å²) in [5.41, 5.74) is 0. The maximum atomic E-state index is 4.14. The molecule has 0 aliphatic carbocycles. The summed E-state index contributed by atoms with van der Waals surface area (Å²) >= 11 is 0. The fourth-order valence-electron chi connectivity index (χ4n) is 0.984. The predicted octanol–water partition coefficient (Wildman–Crippen LogP) is 0.606. The average molecular weight is 148 g/mol. The quantitative estimate of drug-likeness (QED) is 0.593. The van der Waals surface area contributed by atoms with Crippen LogP contribution in [0.25, 0.3) is 5.95 Å². The van der Waals surface area contributed by atoms with E-state index in [2.05, 4.69) is 9.97 Å². The summed E-state index contributed by atoms with van der Waals surface area (Å²) in [5, 5.41) is 0. The van der Waals surface area contributed by atoms with Crippen molar-refractivity contribution in [2.24, 2.45) is 7.05 Å². The van der Waals surface area contributed by atoms with Crippen LogP contribution >= 0.6 is 0 Å². The third-order valence-electron chi connectivity index (χ3n) is 1.53. The van der Waals surface area contributed by atoms with Crippen molar-refractivity contribution in [1.29, 1.82) is 0 Å². The van der Waals surface area contributed by atoms with Crippen LogP contribution in [0.3, 0.4) is 0 Å². The average Bonchev–Trinajstić information content (AvgIpc) is 2.55. The highest BCUT2D eigenvalue weighted by Crippen LogP contribution is 2.00. The fraction of sp³-hybridized carbons (Fsp3) is 0.143. The number of imidazole rings is 2. The minimum Gasteiger partial charge on any atom is -0.320 e. The van der Waals surface area contributed by atoms with Crippen molar-refractivity contribution in [2.45, 2.75) is 0 Å². The summed E-state index contributed by atoms with van der Waals surface area (Å²) in [6, 6.07) is 0. The fourth-order valence-corrected chi connectivity index (χ4v) is 0.984. The lowest BCUT2D eigenvalue weighted by Gasteiger charge is -1.99. The molecule has 2 aromatic heterocycles. The van der Waals surface area contributed by atoms with E-state index in [0.29, 0.717) is 0 Å². The molecule has 11 heavy (non-hydrogen) atoms. The predicted molar refractivity (Wildman–Crippen MR) is 40.3 cm³/mol. The van der Waals surface area contributed by atoms with E-state index in [0.717, 1.165) is 5.95 Å². The molecular formula is C7H8N4. The first-order valence-corrected chi connectivity index (χ1v) is 3.33. The van der Waals surface area contributed by atoms with Gasteiger partial charge < -0.3 is 4.57 Å². The van der Waals surface area contributed by atoms with Crippen LogP contribution in [-0.4, -0.2) is 19.1 Å². The lowest BCUT2D eigenvalue weighted by Crippen LogP contribution is -1.99. The summed E-state index contributed by atoms with van der Waals surface area (Å²) in [4.78, 5) is 8.07. The Morgan fingerprint density at radius 2 is 2.18 bits per heavy atom. The number of hydrogen-bond donors (Lipinski definition) is 0. The first-order valence-electron chi connectivity index (χ1n) is 3.33. The molecule has 0 unspecified atom stereocenters. The molecule has 0 fully saturated rings. The molecule has 0 atom stereocenters. The van der Waals surface area contributed by atoms with E-state index in [1.54, 1.807) is 18.7 Å². The maximum Gasteiger partial charge on any atom is 0.214 e. The largest absolute Gasteiger partial charge is 0.320 e. The van der Waals surface area contributed by atoms with E-state index in [1.807, 2.05) is 28.6 Å². The minimum absolute atomic E-state index is 0.877. The molecule has 0 bridgehead atoms. The van der Waals surface area contributed by atoms with Crippen LogP contribution in [0, 0.1) is 0 Å². The molecule has 0 radical (unpaired) electrons. The molecule has 0 aromatic carbocycles. The number of aromatic nitrogens is 4. The standard InChI is InChI=1S/C7H8N4/c1-10-4-3-9-7(10)11-5-2-8-6-11/h2-6H,1H3. The first kappa shape index (κ1) is 6.15. The Bertz CT molecular complexity index is 333. The molecule has 0 amide bonds. The van der Waals surface area contributed by atoms with Crippen LogP contribution in [0.5, 0.6) is 0 Å². The monoisotopic (exact) mass is 148 g/mol. The van der Waals surface area contributed by atoms with E-state index in [1.165, 1.54) is 0 Å². The van der Waals surface area contributed by atoms with Crippen LogP contribution < -0.4 is 0 Å². The summed E-state index contributed by atoms with van der Waals surface area (Å²) in [6.07, 6.45) is 8.98. The van der Waals surface area contributed by atoms with Gasteiger partial charge >= 0.3 is 0 Å². The Labute approximate surface area is 64.1 Å². The summed E-state index contributed by atoms with van der Waals surface area (Å²) in [6.45, 7) is 0. The highest BCUT2D eigenvalue weighted by Gasteiger charge is 1.98. The Balaban J connectivity index is 2.53. The van der Waals surface area contributed by atoms with Gasteiger partial charge in [0.25, 0.3) is 0 Å². The van der Waals surface area contributed by atoms with Crippen molar-refractivity contribution >= 4 is 0 Å². The highest BCUT2D eigenvalue weighted by atomic mass is 15.2. The third-order valence-corrected chi connectivity index (χ3v) is 1.53. The zero-order valence-corrected chi connectivity index (χ0v) is 6.18. The zero-order valence-electron chi connectivity index (χ0n) is 6.18. The van der Waals surface area contributed by atoms with Gasteiger partial charge in [-0.3, -0.25) is 4.57 Å². The lowest BCUT2D eigenvalue weighted by molar-refractivity contribution is 0.818. The van der Waals surface area contributed by atoms with Crippen molar-refractivity contribution in [2.75, 3.05) is 0 Å². The third kappa shape index (κ3) is 0.920. The number of hydrogen-bond acceptors (Lipinski definition) is 2. The molecule has 2 rings (SSSR count). The van der Waals surface area contributed by atoms with Gasteiger partial charge in [0.05, 0.1) is 0 Å². The van der Waals surface area contributed by atoms with Crippen molar-refractivity contribution in [1.82, 2.24) is 19.1 Å². The molecule has 0 spiro atoms. The second kappa shape index (κ2) is 2.23. The summed E-state index contributed by atoms with van der Waals surface area (Å²) < 4.78 is 3.79. The molecule has 4 nitrogen and oxygen atoms in total. The number of rotatable bonds is 1. The van der Waals surface area contributed by atoms with Crippen molar-refractivity contribution in [3.63, 3.8) is 0 Å². The van der Waals surface area contributed by atoms with Crippen LogP contribution in [0.15, 0.2) is 31.1 Å². The van der Waals surface area contributed by atoms with Gasteiger partial charge in [0.1, 0.15) is 6.33 Å². The smallest absolute Gasteiger partial charge is 0.214 e. The van der Waals surface area contributed by atoms with Gasteiger partial charge in [-0.15, -0.1) is 0 Å². The van der Waals surface area contributed by atoms with Gasteiger partial charge in [-0.2, -0.15) is 0 Å². The maximum absolute atomic E-state index is 4.14. The molecule has 2 heterocycles. The van der Waals surface area contributed by atoms with Gasteiger partial charge in [-0.25, -0.2) is 9.97 Å². The summed E-state index contributed by atoms with van der Waals surface area (Å²) in [7, 11) is 1.95. The number of nitrogens with zero attached hydrogens (tertiary/aromatic N) is 4. The van der Waals surface area contributed by atoms with Crippen molar-refractivity contribution in [3.05, 3.63) is 31.1 Å². The van der Waals surface area contributed by atoms with Gasteiger partial charge in [-0.05, 0) is 0 Å². The Kier molecular flexibility index (Phi) is 1.25. The van der Waals surface area contributed by atoms with E-state index in [-0.39, 0.29) is 0 Å². The zero-order chi connectivity index (χ0) is 7.68. The first-order chi connectivity index (χ1) is 5.38. The number of aryl methyl sites for hydroxylation is 1. The molecule has 4 heteroatoms. The minimum atomic E-state index is 0.877. The molecule has 0 saturated carbocycles. The topological polar surface area (TPSA) is 35.6 Å². The van der Waals surface area contributed by atoms with E-state index in [4.69, 9.17) is 0 Å². The molecule has 0 aliphatic heterocycles. The van der Waals surface area contributed by atoms with Crippen LogP contribution in [0.1, 0.15) is 0 Å². The second-order valence-electron chi connectivity index (χ2n) is 2.31. The Hall–Kier alpha value is -1.58. The second-order valence-corrected chi connectivity index (χ2v) is 2.31. The normalized spacial score (nSPS) is 10.3.